The molecule has 0 bridgehead atoms. The second-order valence-electron chi connectivity index (χ2n) is 4.06. The zero-order chi connectivity index (χ0) is 18.7. The molecule has 0 spiro atoms. The van der Waals surface area contributed by atoms with E-state index in [4.69, 9.17) is 11.6 Å². The number of nitrogens with zero attached hydrogens (tertiary/aromatic N) is 3. The first-order valence-electron chi connectivity index (χ1n) is 5.95. The highest BCUT2D eigenvalue weighted by atomic mass is 35.5. The molecule has 1 N–H and O–H groups in total. The number of imide groups is 1. The third-order valence-electron chi connectivity index (χ3n) is 2.54. The van der Waals surface area contributed by atoms with E-state index in [2.05, 4.69) is 9.84 Å². The number of carbonyl (C=O) groups is 2. The Labute approximate surface area is 136 Å². The molecule has 0 atom stereocenters. The molecular weight excluding hydrogens is 367 g/mol. The standard InChI is InChI=1S/C11H10ClF5N4O3/c1-18-5(11(15,16)17)3-6(23)21(4-22)8-7(12)9(20(2)19-8)24-10(13)14/h3-4,10,18H,1-2H3/b5-3-. The quantitative estimate of drug-likeness (QED) is 0.466. The van der Waals surface area contributed by atoms with E-state index in [1.165, 1.54) is 0 Å². The maximum atomic E-state index is 12.6. The number of allylic oxidation sites excluding steroid dienone is 1. The first-order chi connectivity index (χ1) is 11.0. The number of alkyl halides is 5. The average Bonchev–Trinajstić information content (AvgIpc) is 2.72. The van der Waals surface area contributed by atoms with E-state index in [9.17, 15) is 31.5 Å². The number of ether oxygens (including phenoxy) is 1. The van der Waals surface area contributed by atoms with Crippen LogP contribution < -0.4 is 15.0 Å². The zero-order valence-electron chi connectivity index (χ0n) is 12.1. The van der Waals surface area contributed by atoms with Crippen molar-refractivity contribution in [2.75, 3.05) is 11.9 Å². The van der Waals surface area contributed by atoms with Gasteiger partial charge in [-0.15, -0.1) is 5.10 Å². The van der Waals surface area contributed by atoms with Crippen molar-refractivity contribution in [2.45, 2.75) is 12.8 Å². The predicted molar refractivity (Wildman–Crippen MR) is 71.6 cm³/mol. The number of halogens is 6. The van der Waals surface area contributed by atoms with E-state index in [1.807, 2.05) is 0 Å². The maximum absolute atomic E-state index is 12.6. The molecule has 0 saturated heterocycles. The fourth-order valence-corrected chi connectivity index (χ4v) is 1.83. The van der Waals surface area contributed by atoms with Gasteiger partial charge < -0.3 is 10.1 Å². The Bertz CT molecular complexity index is 659. The van der Waals surface area contributed by atoms with E-state index in [0.29, 0.717) is 4.68 Å². The third-order valence-corrected chi connectivity index (χ3v) is 2.87. The second kappa shape index (κ2) is 7.47. The van der Waals surface area contributed by atoms with E-state index in [0.717, 1.165) is 14.1 Å². The molecule has 0 aliphatic rings. The molecular formula is C11H10ClF5N4O3. The summed E-state index contributed by atoms with van der Waals surface area (Å²) in [7, 11) is 2.03. The van der Waals surface area contributed by atoms with E-state index in [1.54, 1.807) is 5.32 Å². The minimum atomic E-state index is -4.88. The van der Waals surface area contributed by atoms with Gasteiger partial charge >= 0.3 is 12.8 Å². The number of nitrogens with one attached hydrogen (secondary N) is 1. The van der Waals surface area contributed by atoms with Crippen LogP contribution in [0.25, 0.3) is 0 Å². The second-order valence-corrected chi connectivity index (χ2v) is 4.44. The lowest BCUT2D eigenvalue weighted by Gasteiger charge is -2.14. The summed E-state index contributed by atoms with van der Waals surface area (Å²) in [5.74, 6) is -2.78. The van der Waals surface area contributed by atoms with Crippen LogP contribution in [0.3, 0.4) is 0 Å². The first kappa shape index (κ1) is 19.7. The fourth-order valence-electron chi connectivity index (χ4n) is 1.53. The summed E-state index contributed by atoms with van der Waals surface area (Å²) in [6, 6.07) is 0. The summed E-state index contributed by atoms with van der Waals surface area (Å²) in [5, 5.41) is 4.62. The lowest BCUT2D eigenvalue weighted by molar-refractivity contribution is -0.120. The average molecular weight is 377 g/mol. The summed E-state index contributed by atoms with van der Waals surface area (Å²) >= 11 is 5.70. The Balaban J connectivity index is 3.26. The summed E-state index contributed by atoms with van der Waals surface area (Å²) in [6.07, 6.45) is -4.95. The molecule has 0 fully saturated rings. The van der Waals surface area contributed by atoms with Crippen LogP contribution >= 0.6 is 11.6 Å². The van der Waals surface area contributed by atoms with Gasteiger partial charge in [-0.1, -0.05) is 11.6 Å². The van der Waals surface area contributed by atoms with Gasteiger partial charge in [-0.25, -0.2) is 9.58 Å². The third kappa shape index (κ3) is 4.34. The summed E-state index contributed by atoms with van der Waals surface area (Å²) in [4.78, 5) is 23.0. The van der Waals surface area contributed by atoms with Crippen molar-refractivity contribution in [3.8, 4) is 5.88 Å². The van der Waals surface area contributed by atoms with Gasteiger partial charge in [-0.2, -0.15) is 22.0 Å². The highest BCUT2D eigenvalue weighted by Crippen LogP contribution is 2.34. The SMILES string of the molecule is CN/C(=C\C(=O)N(C=O)c1nn(C)c(OC(F)F)c1Cl)C(F)(F)F. The summed E-state index contributed by atoms with van der Waals surface area (Å²) in [5.41, 5.74) is -1.43. The van der Waals surface area contributed by atoms with Crippen molar-refractivity contribution in [1.29, 1.82) is 0 Å². The van der Waals surface area contributed by atoms with Gasteiger partial charge in [0.05, 0.1) is 0 Å². The number of amides is 2. The van der Waals surface area contributed by atoms with Crippen LogP contribution in [-0.4, -0.2) is 41.9 Å². The number of aromatic nitrogens is 2. The molecule has 0 saturated carbocycles. The van der Waals surface area contributed by atoms with Gasteiger partial charge in [0.1, 0.15) is 10.7 Å². The Kier molecular flexibility index (Phi) is 6.12. The van der Waals surface area contributed by atoms with Crippen molar-refractivity contribution in [2.24, 2.45) is 7.05 Å². The first-order valence-corrected chi connectivity index (χ1v) is 6.33. The molecule has 0 aromatic carbocycles. The monoisotopic (exact) mass is 376 g/mol. The zero-order valence-corrected chi connectivity index (χ0v) is 12.8. The molecule has 1 aromatic rings. The largest absolute Gasteiger partial charge is 0.431 e. The number of rotatable bonds is 6. The van der Waals surface area contributed by atoms with E-state index >= 15 is 0 Å². The number of hydrogen-bond donors (Lipinski definition) is 1. The minimum Gasteiger partial charge on any atom is -0.415 e. The van der Waals surface area contributed by atoms with Crippen LogP contribution in [0.2, 0.25) is 5.02 Å². The van der Waals surface area contributed by atoms with Crippen molar-refractivity contribution in [3.63, 3.8) is 0 Å². The van der Waals surface area contributed by atoms with Crippen LogP contribution in [0.1, 0.15) is 0 Å². The lowest BCUT2D eigenvalue weighted by atomic mass is 10.3. The molecule has 0 aliphatic heterocycles. The van der Waals surface area contributed by atoms with Gasteiger partial charge in [0.2, 0.25) is 12.3 Å². The minimum absolute atomic E-state index is 0.0903. The van der Waals surface area contributed by atoms with Crippen molar-refractivity contribution < 1.29 is 36.3 Å². The van der Waals surface area contributed by atoms with Crippen molar-refractivity contribution >= 4 is 29.7 Å². The van der Waals surface area contributed by atoms with Crippen molar-refractivity contribution in [3.05, 3.63) is 16.8 Å². The smallest absolute Gasteiger partial charge is 0.415 e. The molecule has 134 valence electrons. The highest BCUT2D eigenvalue weighted by molar-refractivity contribution is 6.35. The molecule has 7 nitrogen and oxygen atoms in total. The molecule has 1 aromatic heterocycles. The number of anilines is 1. The van der Waals surface area contributed by atoms with Crippen molar-refractivity contribution in [1.82, 2.24) is 15.1 Å². The Morgan fingerprint density at radius 2 is 2.04 bits per heavy atom. The van der Waals surface area contributed by atoms with Crippen LogP contribution in [-0.2, 0) is 16.6 Å². The lowest BCUT2D eigenvalue weighted by Crippen LogP contribution is -2.32. The van der Waals surface area contributed by atoms with Gasteiger partial charge in [0, 0.05) is 20.2 Å². The fraction of sp³-hybridized carbons (Fsp3) is 0.364. The Morgan fingerprint density at radius 3 is 2.46 bits per heavy atom. The summed E-state index contributed by atoms with van der Waals surface area (Å²) in [6.45, 7) is -3.27. The maximum Gasteiger partial charge on any atom is 0.431 e. The summed E-state index contributed by atoms with van der Waals surface area (Å²) < 4.78 is 67.1. The highest BCUT2D eigenvalue weighted by Gasteiger charge is 2.35. The molecule has 13 heteroatoms. The topological polar surface area (TPSA) is 76.5 Å². The van der Waals surface area contributed by atoms with Crippen LogP contribution in [0.4, 0.5) is 27.8 Å². The molecule has 0 aliphatic carbocycles. The Hall–Kier alpha value is -2.37. The van der Waals surface area contributed by atoms with Gasteiger partial charge in [-0.3, -0.25) is 9.59 Å². The number of aryl methyl sites for hydroxylation is 1. The Morgan fingerprint density at radius 1 is 1.46 bits per heavy atom. The van der Waals surface area contributed by atoms with E-state index < -0.39 is 41.1 Å². The van der Waals surface area contributed by atoms with Crippen LogP contribution in [0.5, 0.6) is 5.88 Å². The number of carbonyl (C=O) groups excluding carboxylic acids is 2. The molecule has 1 heterocycles. The molecule has 2 amide bonds. The molecule has 0 unspecified atom stereocenters. The van der Waals surface area contributed by atoms with Crippen LogP contribution in [0.15, 0.2) is 11.8 Å². The van der Waals surface area contributed by atoms with Gasteiger partial charge in [0.15, 0.2) is 5.82 Å². The normalized spacial score (nSPS) is 12.3. The number of hydrogen-bond acceptors (Lipinski definition) is 5. The van der Waals surface area contributed by atoms with Gasteiger partial charge in [0.25, 0.3) is 5.91 Å². The molecule has 0 radical (unpaired) electrons. The van der Waals surface area contributed by atoms with Crippen LogP contribution in [0, 0.1) is 0 Å². The molecule has 24 heavy (non-hydrogen) atoms. The molecule has 1 rings (SSSR count). The van der Waals surface area contributed by atoms with E-state index in [-0.39, 0.29) is 17.4 Å². The van der Waals surface area contributed by atoms with Gasteiger partial charge in [-0.05, 0) is 0 Å². The predicted octanol–water partition coefficient (Wildman–Crippen LogP) is 1.83.